The third-order valence-electron chi connectivity index (χ3n) is 3.46. The zero-order valence-corrected chi connectivity index (χ0v) is 14.8. The van der Waals surface area contributed by atoms with Crippen LogP contribution in [0.3, 0.4) is 0 Å². The van der Waals surface area contributed by atoms with Gasteiger partial charge in [0.15, 0.2) is 0 Å². The summed E-state index contributed by atoms with van der Waals surface area (Å²) in [5.41, 5.74) is 0.819. The molecule has 0 unspecified atom stereocenters. The molecule has 1 heterocycles. The minimum Gasteiger partial charge on any atom is -0.478 e. The summed E-state index contributed by atoms with van der Waals surface area (Å²) >= 11 is 7.12. The predicted molar refractivity (Wildman–Crippen MR) is 95.8 cm³/mol. The number of aromatic carboxylic acids is 1. The van der Waals surface area contributed by atoms with Crippen LogP contribution in [0.1, 0.15) is 15.9 Å². The average molecular weight is 382 g/mol. The van der Waals surface area contributed by atoms with E-state index in [9.17, 15) is 13.2 Å². The van der Waals surface area contributed by atoms with Crippen LogP contribution in [0, 0.1) is 6.92 Å². The van der Waals surface area contributed by atoms with E-state index in [0.29, 0.717) is 10.6 Å². The van der Waals surface area contributed by atoms with Gasteiger partial charge in [-0.05, 0) is 54.3 Å². The maximum Gasteiger partial charge on any atom is 0.335 e. The second-order valence-corrected chi connectivity index (χ2v) is 8.51. The van der Waals surface area contributed by atoms with Crippen molar-refractivity contribution in [2.75, 3.05) is 4.72 Å². The average Bonchev–Trinajstić information content (AvgIpc) is 2.85. The van der Waals surface area contributed by atoms with Gasteiger partial charge in [0, 0.05) is 15.4 Å². The van der Waals surface area contributed by atoms with Gasteiger partial charge in [-0.3, -0.25) is 4.72 Å². The maximum atomic E-state index is 12.7. The van der Waals surface area contributed by atoms with Crippen LogP contribution in [0.25, 0.3) is 10.1 Å². The standard InChI is InChI=1S/C16H12ClNO4S2/c1-9-13-8-11(17)5-6-14(13)23-16(9)24(21,22)18-12-4-2-3-10(7-12)15(19)20/h2-8,18H,1H3,(H,19,20). The van der Waals surface area contributed by atoms with Gasteiger partial charge in [-0.2, -0.15) is 0 Å². The van der Waals surface area contributed by atoms with Crippen molar-refractivity contribution in [2.24, 2.45) is 0 Å². The number of benzene rings is 2. The van der Waals surface area contributed by atoms with Crippen LogP contribution in [0.4, 0.5) is 5.69 Å². The summed E-state index contributed by atoms with van der Waals surface area (Å²) in [7, 11) is -3.83. The SMILES string of the molecule is Cc1c(S(=O)(=O)Nc2cccc(C(=O)O)c2)sc2ccc(Cl)cc12. The highest BCUT2D eigenvalue weighted by Crippen LogP contribution is 2.36. The minimum absolute atomic E-state index is 0.00930. The van der Waals surface area contributed by atoms with Crippen molar-refractivity contribution in [1.82, 2.24) is 0 Å². The number of hydrogen-bond acceptors (Lipinski definition) is 4. The van der Waals surface area contributed by atoms with Gasteiger partial charge in [0.2, 0.25) is 0 Å². The zero-order valence-electron chi connectivity index (χ0n) is 12.4. The van der Waals surface area contributed by atoms with E-state index in [1.165, 1.54) is 24.3 Å². The Morgan fingerprint density at radius 1 is 1.21 bits per heavy atom. The number of sulfonamides is 1. The summed E-state index contributed by atoms with van der Waals surface area (Å²) in [6.45, 7) is 1.72. The quantitative estimate of drug-likeness (QED) is 0.703. The number of anilines is 1. The van der Waals surface area contributed by atoms with Crippen LogP contribution in [0.5, 0.6) is 0 Å². The van der Waals surface area contributed by atoms with Crippen LogP contribution in [0.15, 0.2) is 46.7 Å². The Bertz CT molecular complexity index is 1060. The molecule has 2 N–H and O–H groups in total. The summed E-state index contributed by atoms with van der Waals surface area (Å²) in [5, 5.41) is 10.3. The van der Waals surface area contributed by atoms with Crippen molar-refractivity contribution >= 4 is 54.7 Å². The highest BCUT2D eigenvalue weighted by Gasteiger charge is 2.22. The van der Waals surface area contributed by atoms with E-state index in [1.807, 2.05) is 0 Å². The second-order valence-electron chi connectivity index (χ2n) is 5.15. The Morgan fingerprint density at radius 2 is 1.96 bits per heavy atom. The Labute approximate surface area is 147 Å². The van der Waals surface area contributed by atoms with E-state index >= 15 is 0 Å². The molecule has 5 nitrogen and oxygen atoms in total. The molecule has 0 aliphatic heterocycles. The lowest BCUT2D eigenvalue weighted by Crippen LogP contribution is -2.13. The lowest BCUT2D eigenvalue weighted by atomic mass is 10.2. The van der Waals surface area contributed by atoms with Crippen LogP contribution in [-0.2, 0) is 10.0 Å². The Morgan fingerprint density at radius 3 is 2.67 bits per heavy atom. The molecule has 0 atom stereocenters. The number of carbonyl (C=O) groups is 1. The smallest absolute Gasteiger partial charge is 0.335 e. The molecule has 0 saturated heterocycles. The van der Waals surface area contributed by atoms with E-state index < -0.39 is 16.0 Å². The molecule has 0 fully saturated rings. The number of carboxylic acid groups (broad SMARTS) is 1. The second kappa shape index (κ2) is 6.08. The van der Waals surface area contributed by atoms with Crippen LogP contribution < -0.4 is 4.72 Å². The van der Waals surface area contributed by atoms with Crippen LogP contribution in [0.2, 0.25) is 5.02 Å². The highest BCUT2D eigenvalue weighted by atomic mass is 35.5. The number of halogens is 1. The molecule has 124 valence electrons. The number of thiophene rings is 1. The molecule has 0 spiro atoms. The van der Waals surface area contributed by atoms with Gasteiger partial charge < -0.3 is 5.11 Å². The highest BCUT2D eigenvalue weighted by molar-refractivity contribution is 7.94. The lowest BCUT2D eigenvalue weighted by Gasteiger charge is -2.08. The molecule has 24 heavy (non-hydrogen) atoms. The topological polar surface area (TPSA) is 83.5 Å². The van der Waals surface area contributed by atoms with Crippen molar-refractivity contribution < 1.29 is 18.3 Å². The molecular formula is C16H12ClNO4S2. The first kappa shape index (κ1) is 16.8. The third-order valence-corrected chi connectivity index (χ3v) is 6.97. The molecule has 0 bridgehead atoms. The van der Waals surface area contributed by atoms with Gasteiger partial charge in [0.1, 0.15) is 4.21 Å². The summed E-state index contributed by atoms with van der Waals surface area (Å²) in [5.74, 6) is -1.12. The van der Waals surface area contributed by atoms with Gasteiger partial charge >= 0.3 is 5.97 Å². The molecule has 0 aliphatic rings. The molecule has 0 radical (unpaired) electrons. The van der Waals surface area contributed by atoms with Crippen molar-refractivity contribution in [2.45, 2.75) is 11.1 Å². The third kappa shape index (κ3) is 3.10. The molecule has 8 heteroatoms. The van der Waals surface area contributed by atoms with Crippen molar-refractivity contribution in [3.8, 4) is 0 Å². The number of nitrogens with one attached hydrogen (secondary N) is 1. The molecule has 3 rings (SSSR count). The first-order chi connectivity index (χ1) is 11.3. The van der Waals surface area contributed by atoms with E-state index in [2.05, 4.69) is 4.72 Å². The van der Waals surface area contributed by atoms with Gasteiger partial charge in [0.25, 0.3) is 10.0 Å². The fraction of sp³-hybridized carbons (Fsp3) is 0.0625. The molecular weight excluding hydrogens is 370 g/mol. The molecule has 3 aromatic rings. The van der Waals surface area contributed by atoms with Crippen molar-refractivity contribution in [3.63, 3.8) is 0 Å². The summed E-state index contributed by atoms with van der Waals surface area (Å²) < 4.78 is 28.8. The van der Waals surface area contributed by atoms with Gasteiger partial charge in [-0.15, -0.1) is 11.3 Å². The molecule has 2 aromatic carbocycles. The van der Waals surface area contributed by atoms with E-state index in [1.54, 1.807) is 25.1 Å². The minimum atomic E-state index is -3.83. The number of aryl methyl sites for hydroxylation is 1. The number of fused-ring (bicyclic) bond motifs is 1. The fourth-order valence-electron chi connectivity index (χ4n) is 2.34. The number of hydrogen-bond donors (Lipinski definition) is 2. The summed E-state index contributed by atoms with van der Waals surface area (Å²) in [6.07, 6.45) is 0. The molecule has 0 aliphatic carbocycles. The summed E-state index contributed by atoms with van der Waals surface area (Å²) in [6, 6.07) is 10.9. The first-order valence-corrected chi connectivity index (χ1v) is 9.50. The Balaban J connectivity index is 2.04. The van der Waals surface area contributed by atoms with E-state index in [4.69, 9.17) is 16.7 Å². The number of rotatable bonds is 4. The Hall–Kier alpha value is -2.09. The maximum absolute atomic E-state index is 12.7. The van der Waals surface area contributed by atoms with E-state index in [0.717, 1.165) is 21.4 Å². The largest absolute Gasteiger partial charge is 0.478 e. The monoisotopic (exact) mass is 381 g/mol. The van der Waals surface area contributed by atoms with E-state index in [-0.39, 0.29) is 15.5 Å². The zero-order chi connectivity index (χ0) is 17.5. The van der Waals surface area contributed by atoms with Gasteiger partial charge in [-0.1, -0.05) is 17.7 Å². The van der Waals surface area contributed by atoms with Crippen molar-refractivity contribution in [3.05, 3.63) is 58.6 Å². The lowest BCUT2D eigenvalue weighted by molar-refractivity contribution is 0.0697. The number of carboxylic acids is 1. The normalized spacial score (nSPS) is 11.6. The molecule has 0 amide bonds. The molecule has 1 aromatic heterocycles. The van der Waals surface area contributed by atoms with Gasteiger partial charge in [0.05, 0.1) is 5.56 Å². The first-order valence-electron chi connectivity index (χ1n) is 6.83. The summed E-state index contributed by atoms with van der Waals surface area (Å²) in [4.78, 5) is 11.0. The molecule has 0 saturated carbocycles. The van der Waals surface area contributed by atoms with Crippen LogP contribution >= 0.6 is 22.9 Å². The fourth-order valence-corrected chi connectivity index (χ4v) is 5.31. The van der Waals surface area contributed by atoms with Crippen LogP contribution in [-0.4, -0.2) is 19.5 Å². The van der Waals surface area contributed by atoms with Gasteiger partial charge in [-0.25, -0.2) is 13.2 Å². The predicted octanol–water partition coefficient (Wildman–Crippen LogP) is 4.36. The Kier molecular flexibility index (Phi) is 4.25. The van der Waals surface area contributed by atoms with Crippen molar-refractivity contribution in [1.29, 1.82) is 0 Å².